The van der Waals surface area contributed by atoms with E-state index in [9.17, 15) is 4.79 Å². The summed E-state index contributed by atoms with van der Waals surface area (Å²) in [6, 6.07) is 8.95. The smallest absolute Gasteiger partial charge is 0.185 e. The van der Waals surface area contributed by atoms with E-state index in [1.165, 1.54) is 0 Å². The van der Waals surface area contributed by atoms with Crippen molar-refractivity contribution < 1.29 is 4.74 Å². The number of rotatable bonds is 3. The number of pyridine rings is 1. The summed E-state index contributed by atoms with van der Waals surface area (Å²) >= 11 is 5.97. The van der Waals surface area contributed by atoms with E-state index in [0.29, 0.717) is 5.02 Å². The van der Waals surface area contributed by atoms with Gasteiger partial charge in [-0.25, -0.2) is 0 Å². The Bertz CT molecular complexity index is 671. The average Bonchev–Trinajstić information content (AvgIpc) is 2.48. The SMILES string of the molecule is O=c1cc[nH]cc1C1CNCC(Oc2cccc(Cl)c2)C1. The van der Waals surface area contributed by atoms with Gasteiger partial charge in [-0.3, -0.25) is 4.79 Å². The van der Waals surface area contributed by atoms with Gasteiger partial charge in [0.2, 0.25) is 0 Å². The molecule has 0 aliphatic carbocycles. The van der Waals surface area contributed by atoms with E-state index in [0.717, 1.165) is 30.8 Å². The van der Waals surface area contributed by atoms with Crippen LogP contribution >= 0.6 is 11.6 Å². The number of ether oxygens (including phenoxy) is 1. The van der Waals surface area contributed by atoms with Gasteiger partial charge in [-0.05, 0) is 24.6 Å². The van der Waals surface area contributed by atoms with Crippen LogP contribution in [0.5, 0.6) is 5.75 Å². The van der Waals surface area contributed by atoms with Gasteiger partial charge in [0.15, 0.2) is 5.43 Å². The van der Waals surface area contributed by atoms with Crippen molar-refractivity contribution in [2.75, 3.05) is 13.1 Å². The van der Waals surface area contributed by atoms with E-state index < -0.39 is 0 Å². The van der Waals surface area contributed by atoms with Crippen molar-refractivity contribution in [2.45, 2.75) is 18.4 Å². The summed E-state index contributed by atoms with van der Waals surface area (Å²) in [5.74, 6) is 0.921. The van der Waals surface area contributed by atoms with Crippen LogP contribution < -0.4 is 15.5 Å². The fourth-order valence-corrected chi connectivity index (χ4v) is 2.89. The molecule has 2 N–H and O–H groups in total. The lowest BCUT2D eigenvalue weighted by Gasteiger charge is -2.30. The minimum absolute atomic E-state index is 0.0295. The third-order valence-corrected chi connectivity index (χ3v) is 3.94. The number of hydrogen-bond acceptors (Lipinski definition) is 3. The van der Waals surface area contributed by atoms with Gasteiger partial charge in [0.05, 0.1) is 0 Å². The Morgan fingerprint density at radius 3 is 2.95 bits per heavy atom. The second kappa shape index (κ2) is 6.33. The van der Waals surface area contributed by atoms with Crippen molar-refractivity contribution in [3.63, 3.8) is 0 Å². The van der Waals surface area contributed by atoms with E-state index in [4.69, 9.17) is 16.3 Å². The molecule has 4 nitrogen and oxygen atoms in total. The Morgan fingerprint density at radius 1 is 1.24 bits per heavy atom. The maximum atomic E-state index is 11.9. The Kier molecular flexibility index (Phi) is 4.27. The maximum Gasteiger partial charge on any atom is 0.185 e. The number of aromatic amines is 1. The van der Waals surface area contributed by atoms with Crippen LogP contribution in [-0.2, 0) is 0 Å². The first-order valence-electron chi connectivity index (χ1n) is 7.02. The monoisotopic (exact) mass is 304 g/mol. The molecule has 1 aliphatic heterocycles. The van der Waals surface area contributed by atoms with Gasteiger partial charge in [-0.15, -0.1) is 0 Å². The quantitative estimate of drug-likeness (QED) is 0.916. The highest BCUT2D eigenvalue weighted by Crippen LogP contribution is 2.25. The highest BCUT2D eigenvalue weighted by Gasteiger charge is 2.25. The van der Waals surface area contributed by atoms with Crippen LogP contribution in [0.1, 0.15) is 17.9 Å². The van der Waals surface area contributed by atoms with E-state index in [1.807, 2.05) is 18.2 Å². The van der Waals surface area contributed by atoms with Crippen molar-refractivity contribution >= 4 is 11.6 Å². The molecule has 1 aromatic heterocycles. The lowest BCUT2D eigenvalue weighted by molar-refractivity contribution is 0.155. The van der Waals surface area contributed by atoms with Crippen LogP contribution in [-0.4, -0.2) is 24.2 Å². The van der Waals surface area contributed by atoms with E-state index >= 15 is 0 Å². The second-order valence-corrected chi connectivity index (χ2v) is 5.69. The molecule has 2 aromatic rings. The molecule has 110 valence electrons. The number of piperidine rings is 1. The number of nitrogens with one attached hydrogen (secondary N) is 2. The van der Waals surface area contributed by atoms with Crippen molar-refractivity contribution in [1.29, 1.82) is 0 Å². The molecule has 0 bridgehead atoms. The van der Waals surface area contributed by atoms with Crippen LogP contribution in [0.25, 0.3) is 0 Å². The summed E-state index contributed by atoms with van der Waals surface area (Å²) in [5.41, 5.74) is 0.883. The van der Waals surface area contributed by atoms with Crippen LogP contribution in [0.15, 0.2) is 47.5 Å². The van der Waals surface area contributed by atoms with Crippen molar-refractivity contribution in [2.24, 2.45) is 0 Å². The third kappa shape index (κ3) is 3.46. The first-order valence-corrected chi connectivity index (χ1v) is 7.40. The number of aromatic nitrogens is 1. The Morgan fingerprint density at radius 2 is 2.14 bits per heavy atom. The van der Waals surface area contributed by atoms with Crippen LogP contribution in [0.2, 0.25) is 5.02 Å². The fraction of sp³-hybridized carbons (Fsp3) is 0.312. The molecule has 0 amide bonds. The van der Waals surface area contributed by atoms with Gasteiger partial charge >= 0.3 is 0 Å². The summed E-state index contributed by atoms with van der Waals surface area (Å²) in [7, 11) is 0. The third-order valence-electron chi connectivity index (χ3n) is 3.70. The molecule has 1 saturated heterocycles. The molecule has 5 heteroatoms. The highest BCUT2D eigenvalue weighted by atomic mass is 35.5. The molecular formula is C16H17ClN2O2. The zero-order valence-corrected chi connectivity index (χ0v) is 12.3. The van der Waals surface area contributed by atoms with Crippen LogP contribution in [0, 0.1) is 0 Å². The van der Waals surface area contributed by atoms with E-state index in [1.54, 1.807) is 24.5 Å². The molecule has 21 heavy (non-hydrogen) atoms. The summed E-state index contributed by atoms with van der Waals surface area (Å²) in [4.78, 5) is 14.9. The number of benzene rings is 1. The molecule has 0 spiro atoms. The second-order valence-electron chi connectivity index (χ2n) is 5.25. The standard InChI is InChI=1S/C16H17ClN2O2/c17-12-2-1-3-13(7-12)21-14-6-11(8-19-9-14)15-10-18-5-4-16(15)20/h1-5,7,10-11,14,19H,6,8-9H2,(H,18,20). The molecule has 0 saturated carbocycles. The lowest BCUT2D eigenvalue weighted by atomic mass is 9.91. The Labute approximate surface area is 128 Å². The molecule has 2 heterocycles. The largest absolute Gasteiger partial charge is 0.489 e. The molecule has 2 atom stereocenters. The first-order chi connectivity index (χ1) is 10.2. The van der Waals surface area contributed by atoms with Gasteiger partial charge in [0, 0.05) is 48.1 Å². The summed E-state index contributed by atoms with van der Waals surface area (Å²) < 4.78 is 5.97. The van der Waals surface area contributed by atoms with E-state index in [2.05, 4.69) is 10.3 Å². The van der Waals surface area contributed by atoms with Crippen LogP contribution in [0.4, 0.5) is 0 Å². The number of halogens is 1. The van der Waals surface area contributed by atoms with Gasteiger partial charge in [-0.1, -0.05) is 17.7 Å². The lowest BCUT2D eigenvalue weighted by Crippen LogP contribution is -2.42. The molecule has 3 rings (SSSR count). The predicted molar refractivity (Wildman–Crippen MR) is 83.2 cm³/mol. The summed E-state index contributed by atoms with van der Waals surface area (Å²) in [6.45, 7) is 1.57. The normalized spacial score (nSPS) is 22.0. The summed E-state index contributed by atoms with van der Waals surface area (Å²) in [6.07, 6.45) is 4.28. The van der Waals surface area contributed by atoms with Crippen molar-refractivity contribution in [3.8, 4) is 5.75 Å². The zero-order valence-electron chi connectivity index (χ0n) is 11.5. The predicted octanol–water partition coefficient (Wildman–Crippen LogP) is 2.55. The molecule has 1 fully saturated rings. The van der Waals surface area contributed by atoms with Gasteiger partial charge in [-0.2, -0.15) is 0 Å². The van der Waals surface area contributed by atoms with Gasteiger partial charge < -0.3 is 15.0 Å². The van der Waals surface area contributed by atoms with Gasteiger partial charge in [0.1, 0.15) is 11.9 Å². The minimum atomic E-state index is 0.0295. The van der Waals surface area contributed by atoms with Crippen molar-refractivity contribution in [1.82, 2.24) is 10.3 Å². The summed E-state index contributed by atoms with van der Waals surface area (Å²) in [5, 5.41) is 3.99. The Hall–Kier alpha value is -1.78. The zero-order chi connectivity index (χ0) is 14.7. The number of H-pyrrole nitrogens is 1. The molecule has 1 aromatic carbocycles. The fourth-order valence-electron chi connectivity index (χ4n) is 2.71. The first kappa shape index (κ1) is 14.2. The van der Waals surface area contributed by atoms with E-state index in [-0.39, 0.29) is 17.5 Å². The van der Waals surface area contributed by atoms with Gasteiger partial charge in [0.25, 0.3) is 0 Å². The maximum absolute atomic E-state index is 11.9. The van der Waals surface area contributed by atoms with Crippen molar-refractivity contribution in [3.05, 3.63) is 63.5 Å². The topological polar surface area (TPSA) is 54.1 Å². The number of hydrogen-bond donors (Lipinski definition) is 2. The highest BCUT2D eigenvalue weighted by molar-refractivity contribution is 6.30. The Balaban J connectivity index is 1.71. The van der Waals surface area contributed by atoms with Crippen LogP contribution in [0.3, 0.4) is 0 Å². The minimum Gasteiger partial charge on any atom is -0.489 e. The molecule has 2 unspecified atom stereocenters. The molecule has 0 radical (unpaired) electrons. The molecule has 1 aliphatic rings. The molecular weight excluding hydrogens is 288 g/mol. The average molecular weight is 305 g/mol.